The third-order valence-corrected chi connectivity index (χ3v) is 13.9. The van der Waals surface area contributed by atoms with Crippen molar-refractivity contribution in [1.82, 2.24) is 0 Å². The molecule has 3 aromatic heterocycles. The molecule has 12 aromatic rings. The summed E-state index contributed by atoms with van der Waals surface area (Å²) in [6, 6.07) is 72.5. The fourth-order valence-electron chi connectivity index (χ4n) is 8.73. The van der Waals surface area contributed by atoms with Crippen LogP contribution in [0.1, 0.15) is 0 Å². The highest BCUT2D eigenvalue weighted by Gasteiger charge is 2.20. The molecule has 0 spiro atoms. The Morgan fingerprint density at radius 2 is 0.879 bits per heavy atom. The zero-order valence-electron chi connectivity index (χ0n) is 31.2. The van der Waals surface area contributed by atoms with Crippen molar-refractivity contribution in [2.45, 2.75) is 0 Å². The minimum atomic E-state index is 0.897. The van der Waals surface area contributed by atoms with Gasteiger partial charge in [0.05, 0.1) is 10.4 Å². The Hall–Kier alpha value is -6.98. The molecule has 0 saturated carbocycles. The van der Waals surface area contributed by atoms with Crippen LogP contribution in [0.3, 0.4) is 0 Å². The van der Waals surface area contributed by atoms with Gasteiger partial charge < -0.3 is 9.32 Å². The second-order valence-corrected chi connectivity index (χ2v) is 16.9. The molecule has 4 heteroatoms. The minimum absolute atomic E-state index is 0.897. The van der Waals surface area contributed by atoms with Crippen LogP contribution in [0, 0.1) is 0 Å². The average Bonchev–Trinajstić information content (AvgIpc) is 3.99. The third kappa shape index (κ3) is 5.30. The Morgan fingerprint density at radius 1 is 0.345 bits per heavy atom. The van der Waals surface area contributed by atoms with Gasteiger partial charge in [-0.15, -0.1) is 22.7 Å². The first-order chi connectivity index (χ1) is 28.7. The quantitative estimate of drug-likeness (QED) is 0.167. The molecule has 2 nitrogen and oxygen atoms in total. The summed E-state index contributed by atoms with van der Waals surface area (Å²) in [5.41, 5.74) is 12.3. The average molecular weight is 776 g/mol. The normalized spacial score (nSPS) is 11.8. The number of anilines is 3. The summed E-state index contributed by atoms with van der Waals surface area (Å²) in [5, 5.41) is 7.47. The smallest absolute Gasteiger partial charge is 0.143 e. The van der Waals surface area contributed by atoms with E-state index in [2.05, 4.69) is 199 Å². The molecular weight excluding hydrogens is 743 g/mol. The second kappa shape index (κ2) is 13.3. The standard InChI is InChI=1S/C54H33NOS2/c1-2-11-35(12-3-1)40-15-8-17-44-47-33-37(27-32-49(47)56-52(40)44)34-23-28-38(29-24-34)55(48-20-10-19-46-43-14-5-7-22-51(43)58-54(46)48)39-30-25-36(26-31-39)41-16-9-18-45-42-13-4-6-21-50(42)57-53(41)45/h1-33H. The Balaban J connectivity index is 0.965. The lowest BCUT2D eigenvalue weighted by Gasteiger charge is -2.26. The van der Waals surface area contributed by atoms with Gasteiger partial charge in [-0.2, -0.15) is 0 Å². The number of nitrogens with zero attached hydrogens (tertiary/aromatic N) is 1. The fourth-order valence-corrected chi connectivity index (χ4v) is 11.2. The molecule has 272 valence electrons. The highest BCUT2D eigenvalue weighted by Crippen LogP contribution is 2.46. The molecule has 0 radical (unpaired) electrons. The molecule has 0 saturated heterocycles. The van der Waals surface area contributed by atoms with Crippen LogP contribution < -0.4 is 4.90 Å². The van der Waals surface area contributed by atoms with E-state index in [1.165, 1.54) is 57.2 Å². The molecule has 0 fully saturated rings. The van der Waals surface area contributed by atoms with E-state index in [1.54, 1.807) is 0 Å². The summed E-state index contributed by atoms with van der Waals surface area (Å²) >= 11 is 3.74. The molecule has 0 aliphatic heterocycles. The summed E-state index contributed by atoms with van der Waals surface area (Å²) in [5.74, 6) is 0. The number of hydrogen-bond donors (Lipinski definition) is 0. The zero-order valence-corrected chi connectivity index (χ0v) is 32.9. The summed E-state index contributed by atoms with van der Waals surface area (Å²) in [6.45, 7) is 0. The van der Waals surface area contributed by atoms with Crippen molar-refractivity contribution in [2.24, 2.45) is 0 Å². The summed E-state index contributed by atoms with van der Waals surface area (Å²) in [6.07, 6.45) is 0. The molecule has 58 heavy (non-hydrogen) atoms. The molecule has 0 unspecified atom stereocenters. The first-order valence-electron chi connectivity index (χ1n) is 19.6. The van der Waals surface area contributed by atoms with Crippen LogP contribution in [-0.2, 0) is 0 Å². The number of hydrogen-bond acceptors (Lipinski definition) is 4. The molecule has 0 aliphatic rings. The molecule has 9 aromatic carbocycles. The van der Waals surface area contributed by atoms with Crippen LogP contribution in [0.5, 0.6) is 0 Å². The van der Waals surface area contributed by atoms with Crippen LogP contribution in [-0.4, -0.2) is 0 Å². The number of rotatable bonds is 6. The van der Waals surface area contributed by atoms with Gasteiger partial charge >= 0.3 is 0 Å². The Kier molecular flexibility index (Phi) is 7.62. The van der Waals surface area contributed by atoms with Gasteiger partial charge in [-0.1, -0.05) is 146 Å². The van der Waals surface area contributed by atoms with Crippen molar-refractivity contribution in [1.29, 1.82) is 0 Å². The van der Waals surface area contributed by atoms with Crippen LogP contribution in [0.2, 0.25) is 0 Å². The molecule has 3 heterocycles. The van der Waals surface area contributed by atoms with Crippen LogP contribution in [0.15, 0.2) is 205 Å². The zero-order chi connectivity index (χ0) is 38.2. The summed E-state index contributed by atoms with van der Waals surface area (Å²) in [4.78, 5) is 2.42. The highest BCUT2D eigenvalue weighted by molar-refractivity contribution is 7.26. The summed E-state index contributed by atoms with van der Waals surface area (Å²) in [7, 11) is 0. The van der Waals surface area contributed by atoms with E-state index in [1.807, 2.05) is 28.7 Å². The van der Waals surface area contributed by atoms with E-state index in [4.69, 9.17) is 4.42 Å². The molecular formula is C54H33NOS2. The molecule has 0 bridgehead atoms. The van der Waals surface area contributed by atoms with Crippen molar-refractivity contribution in [3.05, 3.63) is 200 Å². The number of para-hydroxylation sites is 1. The van der Waals surface area contributed by atoms with Crippen LogP contribution in [0.25, 0.3) is 95.7 Å². The maximum absolute atomic E-state index is 6.50. The Bertz CT molecular complexity index is 3500. The van der Waals surface area contributed by atoms with Gasteiger partial charge in [0.25, 0.3) is 0 Å². The lowest BCUT2D eigenvalue weighted by atomic mass is 10.00. The van der Waals surface area contributed by atoms with Gasteiger partial charge in [-0.3, -0.25) is 0 Å². The van der Waals surface area contributed by atoms with Crippen molar-refractivity contribution in [2.75, 3.05) is 4.90 Å². The SMILES string of the molecule is c1ccc(-c2cccc3c2oc2ccc(-c4ccc(N(c5ccc(-c6cccc7c6sc6ccccc67)cc5)c5cccc6c5sc5ccccc56)cc4)cc23)cc1. The maximum atomic E-state index is 6.50. The van der Waals surface area contributed by atoms with Crippen molar-refractivity contribution in [3.63, 3.8) is 0 Å². The van der Waals surface area contributed by atoms with Crippen molar-refractivity contribution >= 4 is 102 Å². The number of benzene rings is 9. The Labute approximate surface area is 343 Å². The number of furan rings is 1. The van der Waals surface area contributed by atoms with E-state index < -0.39 is 0 Å². The minimum Gasteiger partial charge on any atom is -0.455 e. The van der Waals surface area contributed by atoms with E-state index in [9.17, 15) is 0 Å². The van der Waals surface area contributed by atoms with Gasteiger partial charge in [0.15, 0.2) is 0 Å². The predicted molar refractivity (Wildman–Crippen MR) is 250 cm³/mol. The highest BCUT2D eigenvalue weighted by atomic mass is 32.1. The maximum Gasteiger partial charge on any atom is 0.143 e. The fraction of sp³-hybridized carbons (Fsp3) is 0. The molecule has 0 N–H and O–H groups in total. The lowest BCUT2D eigenvalue weighted by molar-refractivity contribution is 0.670. The predicted octanol–water partition coefficient (Wildman–Crippen LogP) is 16.8. The topological polar surface area (TPSA) is 16.4 Å². The van der Waals surface area contributed by atoms with Crippen LogP contribution >= 0.6 is 22.7 Å². The largest absolute Gasteiger partial charge is 0.455 e. The van der Waals surface area contributed by atoms with Gasteiger partial charge in [0, 0.05) is 63.4 Å². The van der Waals surface area contributed by atoms with Gasteiger partial charge in [-0.05, 0) is 82.4 Å². The monoisotopic (exact) mass is 775 g/mol. The number of fused-ring (bicyclic) bond motifs is 9. The van der Waals surface area contributed by atoms with Crippen molar-refractivity contribution < 1.29 is 4.42 Å². The lowest BCUT2D eigenvalue weighted by Crippen LogP contribution is -2.10. The van der Waals surface area contributed by atoms with E-state index in [0.29, 0.717) is 0 Å². The second-order valence-electron chi connectivity index (χ2n) is 14.8. The van der Waals surface area contributed by atoms with Crippen molar-refractivity contribution in [3.8, 4) is 33.4 Å². The van der Waals surface area contributed by atoms with Gasteiger partial charge in [0.1, 0.15) is 11.2 Å². The van der Waals surface area contributed by atoms with E-state index >= 15 is 0 Å². The van der Waals surface area contributed by atoms with E-state index in [-0.39, 0.29) is 0 Å². The molecule has 12 rings (SSSR count). The number of thiophene rings is 2. The first kappa shape index (κ1) is 33.2. The van der Waals surface area contributed by atoms with Gasteiger partial charge in [0.2, 0.25) is 0 Å². The first-order valence-corrected chi connectivity index (χ1v) is 21.2. The van der Waals surface area contributed by atoms with E-state index in [0.717, 1.165) is 55.6 Å². The molecule has 0 atom stereocenters. The molecule has 0 amide bonds. The van der Waals surface area contributed by atoms with Crippen LogP contribution in [0.4, 0.5) is 17.1 Å². The third-order valence-electron chi connectivity index (χ3n) is 11.5. The molecule has 0 aliphatic carbocycles. The van der Waals surface area contributed by atoms with Gasteiger partial charge in [-0.25, -0.2) is 0 Å². The Morgan fingerprint density at radius 3 is 1.60 bits per heavy atom. The summed E-state index contributed by atoms with van der Waals surface area (Å²) < 4.78 is 11.7.